The molecule has 0 saturated carbocycles. The fraction of sp³-hybridized carbons (Fsp3) is 0.444. The highest BCUT2D eigenvalue weighted by molar-refractivity contribution is 5.81. The number of aryl methyl sites for hydroxylation is 2. The SMILES string of the molecule is Cn1cc([C@H]2CNC[C@@H]2C(=O)NC2CCc3ccccc32)cn1. The monoisotopic (exact) mass is 310 g/mol. The Morgan fingerprint density at radius 1 is 1.35 bits per heavy atom. The lowest BCUT2D eigenvalue weighted by molar-refractivity contribution is -0.125. The molecule has 0 radical (unpaired) electrons. The highest BCUT2D eigenvalue weighted by Crippen LogP contribution is 2.33. The first kappa shape index (κ1) is 14.5. The van der Waals surface area contributed by atoms with Gasteiger partial charge in [0.05, 0.1) is 18.2 Å². The Hall–Kier alpha value is -2.14. The molecule has 23 heavy (non-hydrogen) atoms. The molecule has 1 aliphatic carbocycles. The summed E-state index contributed by atoms with van der Waals surface area (Å²) in [6, 6.07) is 8.59. The van der Waals surface area contributed by atoms with Gasteiger partial charge in [0, 0.05) is 32.3 Å². The van der Waals surface area contributed by atoms with E-state index in [1.54, 1.807) is 4.68 Å². The van der Waals surface area contributed by atoms with Crippen LogP contribution in [-0.4, -0.2) is 28.8 Å². The number of hydrogen-bond acceptors (Lipinski definition) is 3. The number of fused-ring (bicyclic) bond motifs is 1. The van der Waals surface area contributed by atoms with Crippen molar-refractivity contribution in [2.75, 3.05) is 13.1 Å². The van der Waals surface area contributed by atoms with Crippen molar-refractivity contribution in [2.45, 2.75) is 24.8 Å². The molecule has 120 valence electrons. The zero-order valence-corrected chi connectivity index (χ0v) is 13.3. The smallest absolute Gasteiger partial charge is 0.225 e. The molecule has 1 saturated heterocycles. The Morgan fingerprint density at radius 3 is 3.04 bits per heavy atom. The van der Waals surface area contributed by atoms with E-state index in [2.05, 4.69) is 40.0 Å². The van der Waals surface area contributed by atoms with Crippen LogP contribution in [-0.2, 0) is 18.3 Å². The molecule has 2 aliphatic rings. The van der Waals surface area contributed by atoms with E-state index < -0.39 is 0 Å². The minimum absolute atomic E-state index is 0.0213. The van der Waals surface area contributed by atoms with E-state index in [1.807, 2.05) is 19.4 Å². The van der Waals surface area contributed by atoms with Crippen molar-refractivity contribution < 1.29 is 4.79 Å². The average molecular weight is 310 g/mol. The summed E-state index contributed by atoms with van der Waals surface area (Å²) in [6.07, 6.45) is 5.95. The van der Waals surface area contributed by atoms with Gasteiger partial charge in [0.1, 0.15) is 0 Å². The molecule has 1 unspecified atom stereocenters. The first-order valence-corrected chi connectivity index (χ1v) is 8.30. The van der Waals surface area contributed by atoms with Crippen molar-refractivity contribution in [3.05, 3.63) is 53.3 Å². The van der Waals surface area contributed by atoms with Gasteiger partial charge in [0.25, 0.3) is 0 Å². The Bertz CT molecular complexity index is 723. The van der Waals surface area contributed by atoms with Crippen LogP contribution >= 0.6 is 0 Å². The molecule has 5 nitrogen and oxygen atoms in total. The molecule has 1 amide bonds. The van der Waals surface area contributed by atoms with Gasteiger partial charge in [-0.25, -0.2) is 0 Å². The van der Waals surface area contributed by atoms with Crippen LogP contribution in [0.4, 0.5) is 0 Å². The summed E-state index contributed by atoms with van der Waals surface area (Å²) in [6.45, 7) is 1.57. The van der Waals surface area contributed by atoms with E-state index in [0.29, 0.717) is 0 Å². The number of nitrogens with one attached hydrogen (secondary N) is 2. The van der Waals surface area contributed by atoms with E-state index >= 15 is 0 Å². The number of amides is 1. The molecule has 3 atom stereocenters. The largest absolute Gasteiger partial charge is 0.349 e. The molecule has 1 aromatic carbocycles. The number of carbonyl (C=O) groups is 1. The third-order valence-electron chi connectivity index (χ3n) is 5.15. The first-order chi connectivity index (χ1) is 11.2. The Morgan fingerprint density at radius 2 is 2.22 bits per heavy atom. The summed E-state index contributed by atoms with van der Waals surface area (Å²) in [5.41, 5.74) is 3.79. The maximum atomic E-state index is 12.8. The molecule has 2 N–H and O–H groups in total. The summed E-state index contributed by atoms with van der Waals surface area (Å²) in [5.74, 6) is 0.345. The van der Waals surface area contributed by atoms with E-state index in [-0.39, 0.29) is 23.8 Å². The lowest BCUT2D eigenvalue weighted by Gasteiger charge is -2.21. The second kappa shape index (κ2) is 5.81. The quantitative estimate of drug-likeness (QED) is 0.904. The van der Waals surface area contributed by atoms with Gasteiger partial charge in [-0.2, -0.15) is 5.10 Å². The number of nitrogens with zero attached hydrogens (tertiary/aromatic N) is 2. The highest BCUT2D eigenvalue weighted by atomic mass is 16.2. The van der Waals surface area contributed by atoms with Crippen LogP contribution in [0.2, 0.25) is 0 Å². The van der Waals surface area contributed by atoms with Crippen molar-refractivity contribution in [1.82, 2.24) is 20.4 Å². The van der Waals surface area contributed by atoms with Crippen molar-refractivity contribution >= 4 is 5.91 Å². The Labute approximate surface area is 136 Å². The predicted octanol–water partition coefficient (Wildman–Crippen LogP) is 1.53. The lowest BCUT2D eigenvalue weighted by Crippen LogP contribution is -2.36. The van der Waals surface area contributed by atoms with E-state index in [1.165, 1.54) is 11.1 Å². The van der Waals surface area contributed by atoms with E-state index in [4.69, 9.17) is 0 Å². The fourth-order valence-electron chi connectivity index (χ4n) is 3.92. The number of rotatable bonds is 3. The minimum Gasteiger partial charge on any atom is -0.349 e. The van der Waals surface area contributed by atoms with Crippen LogP contribution < -0.4 is 10.6 Å². The van der Waals surface area contributed by atoms with Gasteiger partial charge in [0.15, 0.2) is 0 Å². The molecule has 1 aliphatic heterocycles. The topological polar surface area (TPSA) is 59.0 Å². The van der Waals surface area contributed by atoms with Crippen molar-refractivity contribution in [2.24, 2.45) is 13.0 Å². The highest BCUT2D eigenvalue weighted by Gasteiger charge is 2.36. The molecular weight excluding hydrogens is 288 g/mol. The van der Waals surface area contributed by atoms with Gasteiger partial charge < -0.3 is 10.6 Å². The maximum absolute atomic E-state index is 12.8. The summed E-state index contributed by atoms with van der Waals surface area (Å²) < 4.78 is 1.80. The van der Waals surface area contributed by atoms with Crippen molar-refractivity contribution in [1.29, 1.82) is 0 Å². The number of hydrogen-bond donors (Lipinski definition) is 2. The number of aromatic nitrogens is 2. The van der Waals surface area contributed by atoms with Gasteiger partial charge in [-0.3, -0.25) is 9.48 Å². The standard InChI is InChI=1S/C18H22N4O/c1-22-11-13(8-20-22)15-9-19-10-16(15)18(23)21-17-7-6-12-4-2-3-5-14(12)17/h2-5,8,11,15-17,19H,6-7,9-10H2,1H3,(H,21,23)/t15-,16+,17?/m1/s1. The maximum Gasteiger partial charge on any atom is 0.225 e. The number of benzene rings is 1. The third kappa shape index (κ3) is 2.65. The van der Waals surface area contributed by atoms with Crippen LogP contribution in [0.3, 0.4) is 0 Å². The van der Waals surface area contributed by atoms with E-state index in [9.17, 15) is 4.79 Å². The second-order valence-corrected chi connectivity index (χ2v) is 6.62. The fourth-order valence-corrected chi connectivity index (χ4v) is 3.92. The summed E-state index contributed by atoms with van der Waals surface area (Å²) in [4.78, 5) is 12.8. The zero-order chi connectivity index (χ0) is 15.8. The summed E-state index contributed by atoms with van der Waals surface area (Å²) in [5, 5.41) is 10.9. The van der Waals surface area contributed by atoms with Crippen LogP contribution in [0.15, 0.2) is 36.7 Å². The van der Waals surface area contributed by atoms with Gasteiger partial charge in [-0.1, -0.05) is 24.3 Å². The van der Waals surface area contributed by atoms with Gasteiger partial charge in [-0.15, -0.1) is 0 Å². The van der Waals surface area contributed by atoms with E-state index in [0.717, 1.165) is 31.5 Å². The van der Waals surface area contributed by atoms with Gasteiger partial charge >= 0.3 is 0 Å². The normalized spacial score (nSPS) is 26.2. The van der Waals surface area contributed by atoms with Crippen molar-refractivity contribution in [3.8, 4) is 0 Å². The molecule has 2 heterocycles. The molecule has 0 bridgehead atoms. The minimum atomic E-state index is -0.0213. The molecular formula is C18H22N4O. The molecule has 2 aromatic rings. The summed E-state index contributed by atoms with van der Waals surface area (Å²) >= 11 is 0. The predicted molar refractivity (Wildman–Crippen MR) is 88.0 cm³/mol. The van der Waals surface area contributed by atoms with Crippen LogP contribution in [0, 0.1) is 5.92 Å². The van der Waals surface area contributed by atoms with Gasteiger partial charge in [-0.05, 0) is 29.5 Å². The molecule has 1 aromatic heterocycles. The average Bonchev–Trinajstić information content (AvgIpc) is 3.26. The molecule has 1 fully saturated rings. The molecule has 0 spiro atoms. The molecule has 4 rings (SSSR count). The van der Waals surface area contributed by atoms with Crippen LogP contribution in [0.1, 0.15) is 35.1 Å². The lowest BCUT2D eigenvalue weighted by atomic mass is 9.90. The Kier molecular flexibility index (Phi) is 3.65. The van der Waals surface area contributed by atoms with Gasteiger partial charge in [0.2, 0.25) is 5.91 Å². The second-order valence-electron chi connectivity index (χ2n) is 6.62. The number of carbonyl (C=O) groups excluding carboxylic acids is 1. The third-order valence-corrected chi connectivity index (χ3v) is 5.15. The first-order valence-electron chi connectivity index (χ1n) is 8.30. The van der Waals surface area contributed by atoms with Crippen LogP contribution in [0.5, 0.6) is 0 Å². The summed E-state index contributed by atoms with van der Waals surface area (Å²) in [7, 11) is 1.91. The zero-order valence-electron chi connectivity index (χ0n) is 13.3. The molecule has 5 heteroatoms. The van der Waals surface area contributed by atoms with Crippen LogP contribution in [0.25, 0.3) is 0 Å². The van der Waals surface area contributed by atoms with Crippen molar-refractivity contribution in [3.63, 3.8) is 0 Å². The Balaban J connectivity index is 1.49.